The van der Waals surface area contributed by atoms with Crippen LogP contribution in [-0.2, 0) is 6.42 Å². The molecular formula is C13H10N2S2. The minimum atomic E-state index is 0.882. The molecule has 0 aliphatic heterocycles. The normalized spacial score (nSPS) is 10.6. The first-order valence-electron chi connectivity index (χ1n) is 5.29. The summed E-state index contributed by atoms with van der Waals surface area (Å²) in [6.07, 6.45) is 4.58. The molecule has 3 aromatic rings. The summed E-state index contributed by atoms with van der Waals surface area (Å²) in [5, 5.41) is 6.25. The fraction of sp³-hybridized carbons (Fsp3) is 0.0769. The Balaban J connectivity index is 1.99. The average Bonchev–Trinajstić information content (AvgIpc) is 3.01. The molecule has 84 valence electrons. The number of hydrogen-bond donors (Lipinski definition) is 0. The Bertz CT molecular complexity index is 586. The van der Waals surface area contributed by atoms with Gasteiger partial charge in [-0.25, -0.2) is 9.97 Å². The Hall–Kier alpha value is -1.52. The van der Waals surface area contributed by atoms with Crippen LogP contribution in [0.2, 0.25) is 0 Å². The lowest BCUT2D eigenvalue weighted by atomic mass is 10.1. The maximum absolute atomic E-state index is 4.38. The molecule has 3 rings (SSSR count). The molecule has 1 aromatic carbocycles. The van der Waals surface area contributed by atoms with Crippen molar-refractivity contribution in [3.63, 3.8) is 0 Å². The van der Waals surface area contributed by atoms with E-state index >= 15 is 0 Å². The van der Waals surface area contributed by atoms with Crippen LogP contribution in [0.4, 0.5) is 0 Å². The molecule has 2 heterocycles. The molecule has 0 aliphatic rings. The fourth-order valence-electron chi connectivity index (χ4n) is 1.74. The maximum Gasteiger partial charge on any atom is 0.123 e. The third-order valence-corrected chi connectivity index (χ3v) is 4.09. The van der Waals surface area contributed by atoms with Gasteiger partial charge in [0.1, 0.15) is 5.01 Å². The van der Waals surface area contributed by atoms with Crippen molar-refractivity contribution < 1.29 is 0 Å². The van der Waals surface area contributed by atoms with Crippen molar-refractivity contribution in [3.05, 3.63) is 58.0 Å². The number of benzene rings is 1. The topological polar surface area (TPSA) is 25.8 Å². The zero-order valence-corrected chi connectivity index (χ0v) is 10.7. The van der Waals surface area contributed by atoms with Crippen LogP contribution in [0.15, 0.2) is 47.4 Å². The van der Waals surface area contributed by atoms with Gasteiger partial charge in [-0.2, -0.15) is 0 Å². The first kappa shape index (κ1) is 10.6. The van der Waals surface area contributed by atoms with Gasteiger partial charge < -0.3 is 0 Å². The predicted molar refractivity (Wildman–Crippen MR) is 72.5 cm³/mol. The van der Waals surface area contributed by atoms with E-state index < -0.39 is 0 Å². The number of hydrogen-bond acceptors (Lipinski definition) is 4. The smallest absolute Gasteiger partial charge is 0.123 e. The molecule has 0 atom stereocenters. The Morgan fingerprint density at radius 3 is 2.53 bits per heavy atom. The second-order valence-electron chi connectivity index (χ2n) is 3.60. The van der Waals surface area contributed by atoms with Crippen LogP contribution in [0.5, 0.6) is 0 Å². The zero-order chi connectivity index (χ0) is 11.5. The molecule has 0 fully saturated rings. The van der Waals surface area contributed by atoms with E-state index in [0.717, 1.165) is 16.4 Å². The molecule has 4 heteroatoms. The Morgan fingerprint density at radius 2 is 1.76 bits per heavy atom. The van der Waals surface area contributed by atoms with Gasteiger partial charge in [0, 0.05) is 35.1 Å². The quantitative estimate of drug-likeness (QED) is 0.713. The Morgan fingerprint density at radius 1 is 0.941 bits per heavy atom. The van der Waals surface area contributed by atoms with E-state index in [1.165, 1.54) is 11.1 Å². The molecule has 0 unspecified atom stereocenters. The van der Waals surface area contributed by atoms with Gasteiger partial charge >= 0.3 is 0 Å². The Labute approximate surface area is 108 Å². The molecule has 0 saturated heterocycles. The highest BCUT2D eigenvalue weighted by molar-refractivity contribution is 7.13. The lowest BCUT2D eigenvalue weighted by Gasteiger charge is -2.04. The lowest BCUT2D eigenvalue weighted by molar-refractivity contribution is 1.14. The highest BCUT2D eigenvalue weighted by Crippen LogP contribution is 2.27. The first-order chi connectivity index (χ1) is 8.43. The van der Waals surface area contributed by atoms with Crippen LogP contribution in [0.25, 0.3) is 10.6 Å². The molecule has 0 amide bonds. The van der Waals surface area contributed by atoms with E-state index in [2.05, 4.69) is 34.2 Å². The van der Waals surface area contributed by atoms with Gasteiger partial charge in [-0.05, 0) is 5.56 Å². The molecule has 17 heavy (non-hydrogen) atoms. The van der Waals surface area contributed by atoms with Crippen LogP contribution >= 0.6 is 22.7 Å². The number of rotatable bonds is 3. The summed E-state index contributed by atoms with van der Waals surface area (Å²) in [7, 11) is 0. The van der Waals surface area contributed by atoms with Crippen molar-refractivity contribution in [2.75, 3.05) is 0 Å². The van der Waals surface area contributed by atoms with E-state index in [1.807, 2.05) is 23.2 Å². The van der Waals surface area contributed by atoms with E-state index in [-0.39, 0.29) is 0 Å². The van der Waals surface area contributed by atoms with E-state index in [0.29, 0.717) is 0 Å². The molecule has 2 aromatic heterocycles. The van der Waals surface area contributed by atoms with Crippen LogP contribution in [0.1, 0.15) is 10.6 Å². The second-order valence-corrected chi connectivity index (χ2v) is 5.47. The van der Waals surface area contributed by atoms with Crippen LogP contribution in [0.3, 0.4) is 0 Å². The van der Waals surface area contributed by atoms with Crippen molar-refractivity contribution in [1.29, 1.82) is 0 Å². The maximum atomic E-state index is 4.38. The largest absolute Gasteiger partial charge is 0.249 e. The van der Waals surface area contributed by atoms with Crippen molar-refractivity contribution in [3.8, 4) is 10.6 Å². The average molecular weight is 258 g/mol. The third-order valence-electron chi connectivity index (χ3n) is 2.51. The number of aromatic nitrogens is 2. The molecule has 0 N–H and O–H groups in total. The highest BCUT2D eigenvalue weighted by Gasteiger charge is 2.08. The van der Waals surface area contributed by atoms with Gasteiger partial charge in [-0.3, -0.25) is 0 Å². The lowest BCUT2D eigenvalue weighted by Crippen LogP contribution is -1.90. The zero-order valence-electron chi connectivity index (χ0n) is 9.04. The summed E-state index contributed by atoms with van der Waals surface area (Å²) >= 11 is 3.37. The fourth-order valence-corrected chi connectivity index (χ4v) is 3.08. The van der Waals surface area contributed by atoms with E-state index in [9.17, 15) is 0 Å². The summed E-state index contributed by atoms with van der Waals surface area (Å²) in [4.78, 5) is 8.71. The minimum absolute atomic E-state index is 0.882. The van der Waals surface area contributed by atoms with E-state index in [4.69, 9.17) is 0 Å². The molecule has 0 aliphatic carbocycles. The third kappa shape index (κ3) is 2.28. The van der Waals surface area contributed by atoms with E-state index in [1.54, 1.807) is 22.7 Å². The van der Waals surface area contributed by atoms with Crippen molar-refractivity contribution in [1.82, 2.24) is 9.97 Å². The van der Waals surface area contributed by atoms with Crippen LogP contribution in [-0.4, -0.2) is 9.97 Å². The minimum Gasteiger partial charge on any atom is -0.249 e. The molecule has 0 radical (unpaired) electrons. The molecule has 0 bridgehead atoms. The summed E-state index contributed by atoms with van der Waals surface area (Å²) in [5.74, 6) is 0. The van der Waals surface area contributed by atoms with Crippen LogP contribution in [0, 0.1) is 0 Å². The second kappa shape index (κ2) is 4.77. The number of thiazole rings is 2. The number of nitrogens with zero attached hydrogens (tertiary/aromatic N) is 2. The molecule has 0 saturated carbocycles. The van der Waals surface area contributed by atoms with Gasteiger partial charge in [0.2, 0.25) is 0 Å². The van der Waals surface area contributed by atoms with Gasteiger partial charge in [0.05, 0.1) is 5.01 Å². The monoisotopic (exact) mass is 258 g/mol. The van der Waals surface area contributed by atoms with Gasteiger partial charge in [0.25, 0.3) is 0 Å². The van der Waals surface area contributed by atoms with Crippen molar-refractivity contribution in [2.45, 2.75) is 6.42 Å². The highest BCUT2D eigenvalue weighted by atomic mass is 32.1. The summed E-state index contributed by atoms with van der Waals surface area (Å²) < 4.78 is 0. The Kier molecular flexibility index (Phi) is 2.98. The summed E-state index contributed by atoms with van der Waals surface area (Å²) in [5.41, 5.74) is 2.51. The molecule has 2 nitrogen and oxygen atoms in total. The summed E-state index contributed by atoms with van der Waals surface area (Å²) in [6.45, 7) is 0. The summed E-state index contributed by atoms with van der Waals surface area (Å²) in [6, 6.07) is 8.40. The van der Waals surface area contributed by atoms with Crippen molar-refractivity contribution >= 4 is 22.7 Å². The SMILES string of the molecule is c1ccc(-c2nccs2)c(Cc2nccs2)c1. The molecular weight excluding hydrogens is 248 g/mol. The first-order valence-corrected chi connectivity index (χ1v) is 7.05. The molecule has 0 spiro atoms. The van der Waals surface area contributed by atoms with Crippen LogP contribution < -0.4 is 0 Å². The van der Waals surface area contributed by atoms with Gasteiger partial charge in [0.15, 0.2) is 0 Å². The van der Waals surface area contributed by atoms with Crippen molar-refractivity contribution in [2.24, 2.45) is 0 Å². The van der Waals surface area contributed by atoms with Gasteiger partial charge in [-0.15, -0.1) is 22.7 Å². The predicted octanol–water partition coefficient (Wildman–Crippen LogP) is 3.86. The standard InChI is InChI=1S/C13H10N2S2/c1-2-4-11(13-15-6-8-17-13)10(3-1)9-12-14-5-7-16-12/h1-8H,9H2. The van der Waals surface area contributed by atoms with Gasteiger partial charge in [-0.1, -0.05) is 24.3 Å².